The number of nitrogens with one attached hydrogen (secondary N) is 2. The second-order valence-corrected chi connectivity index (χ2v) is 7.01. The molecule has 0 radical (unpaired) electrons. The minimum atomic E-state index is -0.191. The number of rotatable bonds is 4. The molecule has 4 nitrogen and oxygen atoms in total. The van der Waals surface area contributed by atoms with E-state index in [-0.39, 0.29) is 5.91 Å². The number of likely N-dealkylation sites (N-methyl/N-ethyl adjacent to an activating group) is 1. The number of quaternary nitrogens is 1. The van der Waals surface area contributed by atoms with Crippen molar-refractivity contribution in [3.63, 3.8) is 0 Å². The molecule has 0 saturated carbocycles. The largest absolute Gasteiger partial charge is 0.359 e. The summed E-state index contributed by atoms with van der Waals surface area (Å²) in [6.45, 7) is 7.59. The lowest BCUT2D eigenvalue weighted by molar-refractivity contribution is -0.898. The van der Waals surface area contributed by atoms with E-state index in [9.17, 15) is 4.79 Å². The number of amides is 1. The molecule has 6 heteroatoms. The zero-order valence-corrected chi connectivity index (χ0v) is 15.7. The van der Waals surface area contributed by atoms with Gasteiger partial charge in [0.2, 0.25) is 0 Å². The smallest absolute Gasteiger partial charge is 0.255 e. The van der Waals surface area contributed by atoms with Crippen molar-refractivity contribution in [2.24, 2.45) is 0 Å². The summed E-state index contributed by atoms with van der Waals surface area (Å²) < 4.78 is 0. The molecule has 1 aliphatic heterocycles. The Morgan fingerprint density at radius 1 is 1.12 bits per heavy atom. The third-order valence-electron chi connectivity index (χ3n) is 4.65. The van der Waals surface area contributed by atoms with Gasteiger partial charge in [-0.15, -0.1) is 0 Å². The topological polar surface area (TPSA) is 36.8 Å². The number of hydrogen-bond donors (Lipinski definition) is 2. The Balaban J connectivity index is 1.77. The zero-order chi connectivity index (χ0) is 17.8. The summed E-state index contributed by atoms with van der Waals surface area (Å²) in [4.78, 5) is 16.5. The van der Waals surface area contributed by atoms with Crippen LogP contribution >= 0.6 is 23.2 Å². The van der Waals surface area contributed by atoms with E-state index < -0.39 is 0 Å². The summed E-state index contributed by atoms with van der Waals surface area (Å²) in [6, 6.07) is 12.8. The lowest BCUT2D eigenvalue weighted by Gasteiger charge is -2.34. The Kier molecular flexibility index (Phi) is 5.84. The van der Waals surface area contributed by atoms with Crippen molar-refractivity contribution in [1.82, 2.24) is 0 Å². The first-order valence-electron chi connectivity index (χ1n) is 8.52. The van der Waals surface area contributed by atoms with E-state index in [4.69, 9.17) is 23.2 Å². The highest BCUT2D eigenvalue weighted by molar-refractivity contribution is 6.42. The van der Waals surface area contributed by atoms with E-state index in [0.717, 1.165) is 44.1 Å². The van der Waals surface area contributed by atoms with E-state index in [0.29, 0.717) is 15.6 Å². The fourth-order valence-corrected chi connectivity index (χ4v) is 3.40. The van der Waals surface area contributed by atoms with Gasteiger partial charge >= 0.3 is 0 Å². The van der Waals surface area contributed by atoms with Gasteiger partial charge in [-0.2, -0.15) is 0 Å². The zero-order valence-electron chi connectivity index (χ0n) is 14.2. The Labute approximate surface area is 158 Å². The third-order valence-corrected chi connectivity index (χ3v) is 5.38. The predicted octanol–water partition coefficient (Wildman–Crippen LogP) is 2.97. The van der Waals surface area contributed by atoms with Crippen LogP contribution in [0.5, 0.6) is 0 Å². The number of hydrogen-bond acceptors (Lipinski definition) is 2. The molecule has 0 bridgehead atoms. The van der Waals surface area contributed by atoms with Crippen LogP contribution in [0.3, 0.4) is 0 Å². The second-order valence-electron chi connectivity index (χ2n) is 6.19. The minimum absolute atomic E-state index is 0.191. The Morgan fingerprint density at radius 2 is 1.84 bits per heavy atom. The summed E-state index contributed by atoms with van der Waals surface area (Å²) in [5.74, 6) is -0.191. The molecule has 3 rings (SSSR count). The van der Waals surface area contributed by atoms with Crippen LogP contribution in [0.1, 0.15) is 17.3 Å². The number of halogens is 2. The van der Waals surface area contributed by atoms with Gasteiger partial charge in [0.15, 0.2) is 0 Å². The van der Waals surface area contributed by atoms with Crippen LogP contribution in [-0.4, -0.2) is 38.6 Å². The van der Waals surface area contributed by atoms with Crippen molar-refractivity contribution in [3.05, 3.63) is 58.1 Å². The van der Waals surface area contributed by atoms with Crippen molar-refractivity contribution in [2.45, 2.75) is 6.92 Å². The molecule has 25 heavy (non-hydrogen) atoms. The summed E-state index contributed by atoms with van der Waals surface area (Å²) in [7, 11) is 0. The Morgan fingerprint density at radius 3 is 2.52 bits per heavy atom. The molecule has 1 heterocycles. The summed E-state index contributed by atoms with van der Waals surface area (Å²) >= 11 is 11.9. The molecule has 1 fully saturated rings. The first kappa shape index (κ1) is 18.1. The maximum absolute atomic E-state index is 12.6. The molecule has 1 amide bonds. The van der Waals surface area contributed by atoms with Crippen LogP contribution in [0.2, 0.25) is 10.0 Å². The molecule has 0 atom stereocenters. The number of anilines is 2. The average molecular weight is 379 g/mol. The number of piperazine rings is 1. The van der Waals surface area contributed by atoms with E-state index >= 15 is 0 Å². The normalized spacial score (nSPS) is 15.2. The summed E-state index contributed by atoms with van der Waals surface area (Å²) in [5.41, 5.74) is 2.37. The van der Waals surface area contributed by atoms with Gasteiger partial charge in [-0.05, 0) is 37.3 Å². The van der Waals surface area contributed by atoms with Crippen LogP contribution < -0.4 is 15.1 Å². The molecule has 0 aliphatic carbocycles. The van der Waals surface area contributed by atoms with Gasteiger partial charge in [0, 0.05) is 5.56 Å². The van der Waals surface area contributed by atoms with Crippen molar-refractivity contribution in [3.8, 4) is 0 Å². The van der Waals surface area contributed by atoms with Gasteiger partial charge < -0.3 is 15.1 Å². The molecule has 1 aliphatic rings. The fraction of sp³-hybridized carbons (Fsp3) is 0.316. The lowest BCUT2D eigenvalue weighted by atomic mass is 10.1. The predicted molar refractivity (Wildman–Crippen MR) is 104 cm³/mol. The monoisotopic (exact) mass is 378 g/mol. The molecule has 1 saturated heterocycles. The van der Waals surface area contributed by atoms with Gasteiger partial charge in [-0.3, -0.25) is 4.79 Å². The maximum atomic E-state index is 12.6. The molecule has 0 unspecified atom stereocenters. The number of carbonyl (C=O) groups excluding carboxylic acids is 1. The number of benzene rings is 2. The van der Waals surface area contributed by atoms with Gasteiger partial charge in [0.05, 0.1) is 54.1 Å². The van der Waals surface area contributed by atoms with Crippen molar-refractivity contribution in [1.29, 1.82) is 0 Å². The van der Waals surface area contributed by atoms with E-state index in [1.807, 2.05) is 18.2 Å². The molecule has 0 aromatic heterocycles. The first-order chi connectivity index (χ1) is 12.1. The SMILES string of the molecule is CC[NH+]1CCN(c2ccccc2NC(=O)c2ccc(Cl)c(Cl)c2)CC1. The lowest BCUT2D eigenvalue weighted by Crippen LogP contribution is -3.14. The number of carbonyl (C=O) groups is 1. The van der Waals surface area contributed by atoms with E-state index in [2.05, 4.69) is 23.2 Å². The third kappa shape index (κ3) is 4.27. The van der Waals surface area contributed by atoms with Gasteiger partial charge in [0.1, 0.15) is 0 Å². The highest BCUT2D eigenvalue weighted by Crippen LogP contribution is 2.27. The fourth-order valence-electron chi connectivity index (χ4n) is 3.10. The second kappa shape index (κ2) is 8.09. The standard InChI is InChI=1S/C19H21Cl2N3O/c1-2-23-9-11-24(12-10-23)18-6-4-3-5-17(18)22-19(25)14-7-8-15(20)16(21)13-14/h3-8,13H,2,9-12H2,1H3,(H,22,25)/p+1. The highest BCUT2D eigenvalue weighted by atomic mass is 35.5. The van der Waals surface area contributed by atoms with Crippen LogP contribution in [0, 0.1) is 0 Å². The summed E-state index contributed by atoms with van der Waals surface area (Å²) in [6.07, 6.45) is 0. The molecule has 0 spiro atoms. The van der Waals surface area contributed by atoms with Gasteiger partial charge in [0.25, 0.3) is 5.91 Å². The molecule has 132 valence electrons. The van der Waals surface area contributed by atoms with Gasteiger partial charge in [-0.1, -0.05) is 35.3 Å². The first-order valence-corrected chi connectivity index (χ1v) is 9.28. The van der Waals surface area contributed by atoms with Crippen LogP contribution in [0.25, 0.3) is 0 Å². The minimum Gasteiger partial charge on any atom is -0.359 e. The number of para-hydroxylation sites is 2. The van der Waals surface area contributed by atoms with Crippen LogP contribution in [-0.2, 0) is 0 Å². The van der Waals surface area contributed by atoms with Crippen LogP contribution in [0.15, 0.2) is 42.5 Å². The molecular formula is C19H22Cl2N3O+. The van der Waals surface area contributed by atoms with Crippen molar-refractivity contribution in [2.75, 3.05) is 42.9 Å². The van der Waals surface area contributed by atoms with E-state index in [1.54, 1.807) is 23.1 Å². The van der Waals surface area contributed by atoms with Crippen LogP contribution in [0.4, 0.5) is 11.4 Å². The quantitative estimate of drug-likeness (QED) is 0.857. The molecule has 2 N–H and O–H groups in total. The van der Waals surface area contributed by atoms with E-state index in [1.165, 1.54) is 0 Å². The van der Waals surface area contributed by atoms with Gasteiger partial charge in [-0.25, -0.2) is 0 Å². The molecule has 2 aromatic rings. The molecule has 2 aromatic carbocycles. The Hall–Kier alpha value is -1.75. The number of nitrogens with zero attached hydrogens (tertiary/aromatic N) is 1. The average Bonchev–Trinajstić information content (AvgIpc) is 2.64. The molecular weight excluding hydrogens is 357 g/mol. The van der Waals surface area contributed by atoms with Crippen molar-refractivity contribution < 1.29 is 9.69 Å². The van der Waals surface area contributed by atoms with Crippen molar-refractivity contribution >= 4 is 40.5 Å². The summed E-state index contributed by atoms with van der Waals surface area (Å²) in [5, 5.41) is 3.82. The highest BCUT2D eigenvalue weighted by Gasteiger charge is 2.21. The Bertz CT molecular complexity index is 758. The maximum Gasteiger partial charge on any atom is 0.255 e.